The number of rotatable bonds is 4. The highest BCUT2D eigenvalue weighted by Gasteiger charge is 2.12. The lowest BCUT2D eigenvalue weighted by atomic mass is 10.3. The molecule has 1 aromatic carbocycles. The van der Waals surface area contributed by atoms with Gasteiger partial charge in [0.05, 0.1) is 15.7 Å². The number of amides is 1. The molecule has 1 amide bonds. The quantitative estimate of drug-likeness (QED) is 0.725. The number of anilines is 3. The molecule has 2 aromatic heterocycles. The Balaban J connectivity index is 1.72. The van der Waals surface area contributed by atoms with Crippen LogP contribution in [0.4, 0.5) is 17.3 Å². The average Bonchev–Trinajstić information content (AvgIpc) is 2.96. The van der Waals surface area contributed by atoms with Crippen LogP contribution in [0.5, 0.6) is 0 Å². The van der Waals surface area contributed by atoms with E-state index in [0.717, 1.165) is 0 Å². The molecular weight excluding hydrogens is 353 g/mol. The van der Waals surface area contributed by atoms with E-state index in [1.807, 2.05) is 0 Å². The fourth-order valence-electron chi connectivity index (χ4n) is 1.87. The van der Waals surface area contributed by atoms with Gasteiger partial charge in [-0.3, -0.25) is 4.79 Å². The third-order valence-electron chi connectivity index (χ3n) is 2.98. The summed E-state index contributed by atoms with van der Waals surface area (Å²) >= 11 is 12.2. The van der Waals surface area contributed by atoms with Crippen LogP contribution in [0, 0.1) is 6.92 Å². The zero-order chi connectivity index (χ0) is 17.1. The molecular formula is C15H11Cl2N5O2. The molecule has 9 heteroatoms. The summed E-state index contributed by atoms with van der Waals surface area (Å²) < 4.78 is 4.87. The number of aromatic nitrogens is 3. The van der Waals surface area contributed by atoms with Crippen LogP contribution in [-0.2, 0) is 0 Å². The maximum Gasteiger partial charge on any atom is 0.277 e. The Bertz CT molecular complexity index is 860. The Morgan fingerprint density at radius 3 is 2.42 bits per heavy atom. The first-order valence-electron chi connectivity index (χ1n) is 6.82. The first kappa shape index (κ1) is 16.2. The molecule has 0 saturated heterocycles. The van der Waals surface area contributed by atoms with Gasteiger partial charge in [-0.15, -0.1) is 10.2 Å². The number of hydrogen-bond donors (Lipinski definition) is 2. The summed E-state index contributed by atoms with van der Waals surface area (Å²) in [5.74, 6) is 0.855. The standard InChI is InChI=1S/C15H11Cl2N5O2/c1-8-7-13(22-24-8)19-15(23)11-5-6-12(21-20-11)18-14-9(16)3-2-4-10(14)17/h2-7H,1H3,(H,18,21)(H,19,22,23). The summed E-state index contributed by atoms with van der Waals surface area (Å²) in [5, 5.41) is 17.9. The number of aryl methyl sites for hydroxylation is 1. The van der Waals surface area contributed by atoms with Crippen molar-refractivity contribution in [2.75, 3.05) is 10.6 Å². The van der Waals surface area contributed by atoms with Crippen LogP contribution in [0.3, 0.4) is 0 Å². The summed E-state index contributed by atoms with van der Waals surface area (Å²) in [7, 11) is 0. The van der Waals surface area contributed by atoms with E-state index in [1.165, 1.54) is 6.07 Å². The molecule has 24 heavy (non-hydrogen) atoms. The molecule has 2 N–H and O–H groups in total. The summed E-state index contributed by atoms with van der Waals surface area (Å²) in [5.41, 5.74) is 0.650. The van der Waals surface area contributed by atoms with Crippen molar-refractivity contribution in [3.63, 3.8) is 0 Å². The normalized spacial score (nSPS) is 10.5. The van der Waals surface area contributed by atoms with Crippen molar-refractivity contribution in [2.24, 2.45) is 0 Å². The van der Waals surface area contributed by atoms with Gasteiger partial charge in [-0.25, -0.2) is 0 Å². The lowest BCUT2D eigenvalue weighted by molar-refractivity contribution is 0.102. The molecule has 0 fully saturated rings. The number of nitrogens with one attached hydrogen (secondary N) is 2. The highest BCUT2D eigenvalue weighted by atomic mass is 35.5. The van der Waals surface area contributed by atoms with Crippen molar-refractivity contribution >= 4 is 46.4 Å². The van der Waals surface area contributed by atoms with Gasteiger partial charge in [0.15, 0.2) is 17.3 Å². The van der Waals surface area contributed by atoms with Gasteiger partial charge in [0.2, 0.25) is 0 Å². The minimum Gasteiger partial charge on any atom is -0.360 e. The van der Waals surface area contributed by atoms with Gasteiger partial charge in [0.25, 0.3) is 5.91 Å². The predicted molar refractivity (Wildman–Crippen MR) is 91.0 cm³/mol. The van der Waals surface area contributed by atoms with E-state index in [0.29, 0.717) is 33.1 Å². The Morgan fingerprint density at radius 1 is 1.08 bits per heavy atom. The molecule has 0 atom stereocenters. The summed E-state index contributed by atoms with van der Waals surface area (Å²) in [6, 6.07) is 9.84. The SMILES string of the molecule is Cc1cc(NC(=O)c2ccc(Nc3c(Cl)cccc3Cl)nn2)no1. The second-order valence-electron chi connectivity index (χ2n) is 4.80. The van der Waals surface area contributed by atoms with Crippen molar-refractivity contribution in [2.45, 2.75) is 6.92 Å². The molecule has 0 unspecified atom stereocenters. The van der Waals surface area contributed by atoms with Gasteiger partial charge in [-0.2, -0.15) is 0 Å². The smallest absolute Gasteiger partial charge is 0.277 e. The third-order valence-corrected chi connectivity index (χ3v) is 3.61. The summed E-state index contributed by atoms with van der Waals surface area (Å²) in [6.45, 7) is 1.72. The van der Waals surface area contributed by atoms with Crippen molar-refractivity contribution in [1.29, 1.82) is 0 Å². The van der Waals surface area contributed by atoms with Gasteiger partial charge in [-0.1, -0.05) is 34.4 Å². The van der Waals surface area contributed by atoms with Crippen LogP contribution in [0.1, 0.15) is 16.2 Å². The second-order valence-corrected chi connectivity index (χ2v) is 5.62. The lowest BCUT2D eigenvalue weighted by Crippen LogP contribution is -2.14. The van der Waals surface area contributed by atoms with Crippen LogP contribution in [0.2, 0.25) is 10.0 Å². The zero-order valence-corrected chi connectivity index (χ0v) is 13.9. The summed E-state index contributed by atoms with van der Waals surface area (Å²) in [6.07, 6.45) is 0. The Labute approximate surface area is 147 Å². The van der Waals surface area contributed by atoms with Crippen molar-refractivity contribution in [3.8, 4) is 0 Å². The van der Waals surface area contributed by atoms with Gasteiger partial charge in [-0.05, 0) is 31.2 Å². The molecule has 0 saturated carbocycles. The fourth-order valence-corrected chi connectivity index (χ4v) is 2.36. The zero-order valence-electron chi connectivity index (χ0n) is 12.4. The monoisotopic (exact) mass is 363 g/mol. The average molecular weight is 364 g/mol. The van der Waals surface area contributed by atoms with Crippen LogP contribution < -0.4 is 10.6 Å². The molecule has 0 aliphatic carbocycles. The minimum absolute atomic E-state index is 0.131. The molecule has 3 aromatic rings. The third kappa shape index (κ3) is 3.64. The number of halogens is 2. The molecule has 2 heterocycles. The lowest BCUT2D eigenvalue weighted by Gasteiger charge is -2.09. The Kier molecular flexibility index (Phi) is 4.64. The fraction of sp³-hybridized carbons (Fsp3) is 0.0667. The van der Waals surface area contributed by atoms with E-state index in [4.69, 9.17) is 27.7 Å². The van der Waals surface area contributed by atoms with Crippen molar-refractivity contribution in [1.82, 2.24) is 15.4 Å². The number of benzene rings is 1. The maximum absolute atomic E-state index is 12.0. The van der Waals surface area contributed by atoms with E-state index in [-0.39, 0.29) is 5.69 Å². The summed E-state index contributed by atoms with van der Waals surface area (Å²) in [4.78, 5) is 12.0. The van der Waals surface area contributed by atoms with Crippen molar-refractivity contribution in [3.05, 3.63) is 57.9 Å². The molecule has 0 spiro atoms. The molecule has 0 aliphatic heterocycles. The Morgan fingerprint density at radius 2 is 1.83 bits per heavy atom. The second kappa shape index (κ2) is 6.86. The number of para-hydroxylation sites is 1. The van der Waals surface area contributed by atoms with E-state index >= 15 is 0 Å². The topological polar surface area (TPSA) is 92.9 Å². The van der Waals surface area contributed by atoms with Gasteiger partial charge >= 0.3 is 0 Å². The van der Waals surface area contributed by atoms with Gasteiger partial charge < -0.3 is 15.2 Å². The molecule has 0 aliphatic rings. The van der Waals surface area contributed by atoms with Gasteiger partial charge in [0.1, 0.15) is 5.76 Å². The van der Waals surface area contributed by atoms with E-state index in [9.17, 15) is 4.79 Å². The van der Waals surface area contributed by atoms with Gasteiger partial charge in [0, 0.05) is 6.07 Å². The molecule has 0 radical (unpaired) electrons. The first-order valence-corrected chi connectivity index (χ1v) is 7.58. The molecule has 0 bridgehead atoms. The number of carbonyl (C=O) groups excluding carboxylic acids is 1. The molecule has 122 valence electrons. The van der Waals surface area contributed by atoms with Crippen LogP contribution >= 0.6 is 23.2 Å². The molecule has 7 nitrogen and oxygen atoms in total. The first-order chi connectivity index (χ1) is 11.5. The maximum atomic E-state index is 12.0. The molecule has 3 rings (SSSR count). The minimum atomic E-state index is -0.446. The van der Waals surface area contributed by atoms with Crippen molar-refractivity contribution < 1.29 is 9.32 Å². The predicted octanol–water partition coefficient (Wildman–Crippen LogP) is 4.08. The number of nitrogens with zero attached hydrogens (tertiary/aromatic N) is 3. The highest BCUT2D eigenvalue weighted by Crippen LogP contribution is 2.31. The van der Waals surface area contributed by atoms with E-state index in [1.54, 1.807) is 37.3 Å². The van der Waals surface area contributed by atoms with E-state index < -0.39 is 5.91 Å². The Hall–Kier alpha value is -2.64. The number of hydrogen-bond acceptors (Lipinski definition) is 6. The van der Waals surface area contributed by atoms with Crippen LogP contribution in [-0.4, -0.2) is 21.3 Å². The number of carbonyl (C=O) groups is 1. The van der Waals surface area contributed by atoms with E-state index in [2.05, 4.69) is 26.0 Å². The highest BCUT2D eigenvalue weighted by molar-refractivity contribution is 6.39. The van der Waals surface area contributed by atoms with Crippen LogP contribution in [0.25, 0.3) is 0 Å². The largest absolute Gasteiger partial charge is 0.360 e. The van der Waals surface area contributed by atoms with Crippen LogP contribution in [0.15, 0.2) is 40.9 Å².